The van der Waals surface area contributed by atoms with Crippen molar-refractivity contribution in [2.45, 2.75) is 39.5 Å². The number of aromatic nitrogens is 3. The maximum Gasteiger partial charge on any atom is 0.199 e. The van der Waals surface area contributed by atoms with E-state index in [1.165, 1.54) is 10.4 Å². The monoisotopic (exact) mass is 400 g/mol. The van der Waals surface area contributed by atoms with E-state index in [1.807, 2.05) is 40.3 Å². The average Bonchev–Trinajstić information content (AvgIpc) is 3.26. The summed E-state index contributed by atoms with van der Waals surface area (Å²) < 4.78 is 10.1. The third kappa shape index (κ3) is 3.59. The van der Waals surface area contributed by atoms with Crippen LogP contribution in [0.15, 0.2) is 35.7 Å². The zero-order valence-corrected chi connectivity index (χ0v) is 17.5. The Hall–Kier alpha value is -1.96. The fraction of sp³-hybridized carbons (Fsp3) is 0.400. The average molecular weight is 401 g/mol. The molecule has 0 N–H and O–H groups in total. The Bertz CT molecular complexity index is 984. The predicted molar refractivity (Wildman–Crippen MR) is 112 cm³/mol. The van der Waals surface area contributed by atoms with Gasteiger partial charge in [-0.25, -0.2) is 4.68 Å². The minimum absolute atomic E-state index is 0.244. The summed E-state index contributed by atoms with van der Waals surface area (Å²) in [5.41, 5.74) is 2.49. The van der Waals surface area contributed by atoms with Crippen LogP contribution >= 0.6 is 23.6 Å². The van der Waals surface area contributed by atoms with E-state index in [1.54, 1.807) is 7.11 Å². The molecular weight excluding hydrogens is 376 g/mol. The van der Waals surface area contributed by atoms with Crippen LogP contribution in [0.5, 0.6) is 5.75 Å². The quantitative estimate of drug-likeness (QED) is 0.579. The molecule has 7 heteroatoms. The molecule has 0 spiro atoms. The van der Waals surface area contributed by atoms with E-state index in [0.717, 1.165) is 48.1 Å². The second-order valence-corrected chi connectivity index (χ2v) is 8.48. The van der Waals surface area contributed by atoms with Crippen molar-refractivity contribution in [1.29, 1.82) is 0 Å². The number of thiophene rings is 1. The highest BCUT2D eigenvalue weighted by atomic mass is 32.1. The zero-order valence-electron chi connectivity index (χ0n) is 15.9. The van der Waals surface area contributed by atoms with Crippen molar-refractivity contribution < 1.29 is 4.74 Å². The molecule has 1 aliphatic rings. The number of benzene rings is 1. The predicted octanol–water partition coefficient (Wildman–Crippen LogP) is 4.75. The van der Waals surface area contributed by atoms with Crippen LogP contribution in [-0.4, -0.2) is 32.9 Å². The molecule has 0 radical (unpaired) electrons. The van der Waals surface area contributed by atoms with Gasteiger partial charge in [-0.05, 0) is 73.8 Å². The van der Waals surface area contributed by atoms with E-state index in [0.29, 0.717) is 0 Å². The lowest BCUT2D eigenvalue weighted by Gasteiger charge is -2.26. The molecule has 0 saturated heterocycles. The van der Waals surface area contributed by atoms with Crippen molar-refractivity contribution >= 4 is 23.6 Å². The number of ether oxygens (including phenoxy) is 1. The highest BCUT2D eigenvalue weighted by Gasteiger charge is 2.20. The van der Waals surface area contributed by atoms with Gasteiger partial charge in [-0.2, -0.15) is 5.10 Å². The van der Waals surface area contributed by atoms with Crippen LogP contribution in [0.25, 0.3) is 11.4 Å². The van der Waals surface area contributed by atoms with Gasteiger partial charge in [0.15, 0.2) is 10.6 Å². The molecule has 5 nitrogen and oxygen atoms in total. The number of hydrogen-bond acceptors (Lipinski definition) is 5. The molecule has 0 fully saturated rings. The highest BCUT2D eigenvalue weighted by molar-refractivity contribution is 7.71. The molecule has 0 saturated carbocycles. The fourth-order valence-electron chi connectivity index (χ4n) is 3.53. The largest absolute Gasteiger partial charge is 0.497 e. The summed E-state index contributed by atoms with van der Waals surface area (Å²) in [6.45, 7) is 7.02. The molecule has 0 atom stereocenters. The van der Waals surface area contributed by atoms with E-state index < -0.39 is 0 Å². The Morgan fingerprint density at radius 2 is 2.00 bits per heavy atom. The van der Waals surface area contributed by atoms with Crippen LogP contribution in [0.2, 0.25) is 0 Å². The molecule has 2 aromatic heterocycles. The second kappa shape index (κ2) is 7.58. The standard InChI is InChI=1S/C20H24N4OS2/c1-14(2)24-19(15-4-6-17(25-3)7-5-15)21-23(20(24)26)13-22-10-8-18-16(12-22)9-11-27-18/h4-7,9,11,14H,8,10,12-13H2,1-3H3. The maximum absolute atomic E-state index is 5.78. The lowest BCUT2D eigenvalue weighted by Crippen LogP contribution is -2.32. The molecule has 1 aromatic carbocycles. The Morgan fingerprint density at radius 3 is 2.70 bits per heavy atom. The number of hydrogen-bond donors (Lipinski definition) is 0. The van der Waals surface area contributed by atoms with Crippen LogP contribution in [0, 0.1) is 4.77 Å². The van der Waals surface area contributed by atoms with Gasteiger partial charge >= 0.3 is 0 Å². The van der Waals surface area contributed by atoms with Crippen molar-refractivity contribution in [2.75, 3.05) is 13.7 Å². The van der Waals surface area contributed by atoms with Gasteiger partial charge in [-0.1, -0.05) is 0 Å². The molecule has 4 rings (SSSR count). The van der Waals surface area contributed by atoms with Gasteiger partial charge in [-0.3, -0.25) is 9.47 Å². The topological polar surface area (TPSA) is 35.2 Å². The van der Waals surface area contributed by atoms with E-state index in [9.17, 15) is 0 Å². The van der Waals surface area contributed by atoms with Crippen LogP contribution in [0.1, 0.15) is 30.3 Å². The molecule has 27 heavy (non-hydrogen) atoms. The summed E-state index contributed by atoms with van der Waals surface area (Å²) >= 11 is 7.65. The Labute approximate surface area is 168 Å². The molecule has 0 aliphatic carbocycles. The first-order chi connectivity index (χ1) is 13.1. The van der Waals surface area contributed by atoms with Gasteiger partial charge in [0.2, 0.25) is 0 Å². The fourth-order valence-corrected chi connectivity index (χ4v) is 4.82. The smallest absolute Gasteiger partial charge is 0.199 e. The maximum atomic E-state index is 5.78. The number of methoxy groups -OCH3 is 1. The Balaban J connectivity index is 1.65. The normalized spacial score (nSPS) is 14.5. The van der Waals surface area contributed by atoms with E-state index >= 15 is 0 Å². The molecular formula is C20H24N4OS2. The van der Waals surface area contributed by atoms with Gasteiger partial charge in [0.1, 0.15) is 5.75 Å². The number of fused-ring (bicyclic) bond motifs is 1. The number of rotatable bonds is 5. The van der Waals surface area contributed by atoms with Crippen LogP contribution in [-0.2, 0) is 19.6 Å². The lowest BCUT2D eigenvalue weighted by atomic mass is 10.1. The van der Waals surface area contributed by atoms with Gasteiger partial charge in [-0.15, -0.1) is 11.3 Å². The first kappa shape index (κ1) is 18.4. The summed E-state index contributed by atoms with van der Waals surface area (Å²) in [6.07, 6.45) is 1.11. The summed E-state index contributed by atoms with van der Waals surface area (Å²) in [4.78, 5) is 3.93. The lowest BCUT2D eigenvalue weighted by molar-refractivity contribution is 0.189. The van der Waals surface area contributed by atoms with E-state index in [4.69, 9.17) is 22.1 Å². The van der Waals surface area contributed by atoms with Crippen molar-refractivity contribution in [3.05, 3.63) is 50.9 Å². The minimum Gasteiger partial charge on any atom is -0.497 e. The molecule has 142 valence electrons. The molecule has 0 bridgehead atoms. The van der Waals surface area contributed by atoms with Crippen LogP contribution < -0.4 is 4.74 Å². The first-order valence-corrected chi connectivity index (χ1v) is 10.5. The van der Waals surface area contributed by atoms with Crippen molar-refractivity contribution in [1.82, 2.24) is 19.2 Å². The summed E-state index contributed by atoms with van der Waals surface area (Å²) in [5, 5.41) is 7.08. The SMILES string of the molecule is COc1ccc(-c2nn(CN3CCc4sccc4C3)c(=S)n2C(C)C)cc1. The second-order valence-electron chi connectivity index (χ2n) is 7.11. The van der Waals surface area contributed by atoms with Crippen LogP contribution in [0.4, 0.5) is 0 Å². The first-order valence-electron chi connectivity index (χ1n) is 9.18. The van der Waals surface area contributed by atoms with Crippen LogP contribution in [0.3, 0.4) is 0 Å². The van der Waals surface area contributed by atoms with Crippen molar-refractivity contribution in [3.63, 3.8) is 0 Å². The minimum atomic E-state index is 0.244. The van der Waals surface area contributed by atoms with Gasteiger partial charge in [0.25, 0.3) is 0 Å². The Morgan fingerprint density at radius 1 is 1.22 bits per heavy atom. The Kier molecular flexibility index (Phi) is 5.16. The summed E-state index contributed by atoms with van der Waals surface area (Å²) in [5.74, 6) is 1.75. The molecule has 0 unspecified atom stereocenters. The molecule has 0 amide bonds. The summed E-state index contributed by atoms with van der Waals surface area (Å²) in [7, 11) is 1.68. The van der Waals surface area contributed by atoms with Crippen molar-refractivity contribution in [2.24, 2.45) is 0 Å². The van der Waals surface area contributed by atoms with Gasteiger partial charge in [0, 0.05) is 29.6 Å². The summed E-state index contributed by atoms with van der Waals surface area (Å²) in [6, 6.07) is 10.5. The molecule has 3 aromatic rings. The third-order valence-corrected chi connectivity index (χ3v) is 6.39. The van der Waals surface area contributed by atoms with Gasteiger partial charge < -0.3 is 4.74 Å². The zero-order chi connectivity index (χ0) is 19.0. The third-order valence-electron chi connectivity index (χ3n) is 4.96. The van der Waals surface area contributed by atoms with E-state index in [2.05, 4.69) is 34.8 Å². The van der Waals surface area contributed by atoms with Crippen molar-refractivity contribution in [3.8, 4) is 17.1 Å². The highest BCUT2D eigenvalue weighted by Crippen LogP contribution is 2.27. The van der Waals surface area contributed by atoms with Gasteiger partial charge in [0.05, 0.1) is 13.8 Å². The number of nitrogens with zero attached hydrogens (tertiary/aromatic N) is 4. The molecule has 1 aliphatic heterocycles. The molecule has 3 heterocycles. The van der Waals surface area contributed by atoms with E-state index in [-0.39, 0.29) is 6.04 Å².